The van der Waals surface area contributed by atoms with Crippen molar-refractivity contribution in [2.24, 2.45) is 13.0 Å². The third-order valence-electron chi connectivity index (χ3n) is 6.81. The van der Waals surface area contributed by atoms with Crippen LogP contribution in [-0.4, -0.2) is 54.8 Å². The van der Waals surface area contributed by atoms with Crippen LogP contribution in [0.25, 0.3) is 11.0 Å². The molecule has 0 amide bonds. The summed E-state index contributed by atoms with van der Waals surface area (Å²) in [4.78, 5) is 6.25. The number of rotatable bonds is 10. The largest absolute Gasteiger partial charge is 0.411 e. The molecule has 1 atom stereocenters. The predicted molar refractivity (Wildman–Crippen MR) is 150 cm³/mol. The summed E-state index contributed by atoms with van der Waals surface area (Å²) in [7, 11) is 1.75. The molecule has 0 radical (unpaired) electrons. The number of alkyl halides is 6. The van der Waals surface area contributed by atoms with E-state index in [9.17, 15) is 26.3 Å². The number of imidazole rings is 1. The first-order valence-electron chi connectivity index (χ1n) is 12.8. The monoisotopic (exact) mass is 645 g/mol. The standard InChI is InChI=1S/C26H28Cl3F6N5O/c1-39-21-11-20(40-8-2-4-16(13-40)26(33,34)35)18(28)10-19(21)37-24(39)38-23-17(27)6-5-15(22(23)29)12-36-7-3-9-41-14-25(30,31)32/h5-6,10-11,16,36H,2-4,7-9,12-14H2,1H3,(H,37,38). The highest BCUT2D eigenvalue weighted by Crippen LogP contribution is 2.40. The van der Waals surface area contributed by atoms with Crippen LogP contribution in [0.2, 0.25) is 15.1 Å². The van der Waals surface area contributed by atoms with Crippen molar-refractivity contribution >= 4 is 63.2 Å². The van der Waals surface area contributed by atoms with E-state index >= 15 is 0 Å². The minimum absolute atomic E-state index is 0.0349. The van der Waals surface area contributed by atoms with Gasteiger partial charge in [-0.3, -0.25) is 0 Å². The molecule has 1 saturated heterocycles. The highest BCUT2D eigenvalue weighted by atomic mass is 35.5. The van der Waals surface area contributed by atoms with Crippen molar-refractivity contribution in [1.29, 1.82) is 0 Å². The van der Waals surface area contributed by atoms with Gasteiger partial charge in [-0.1, -0.05) is 40.9 Å². The quantitative estimate of drug-likeness (QED) is 0.172. The Hall–Kier alpha value is -2.12. The zero-order chi connectivity index (χ0) is 29.9. The number of piperidine rings is 1. The topological polar surface area (TPSA) is 54.4 Å². The molecule has 4 rings (SSSR count). The zero-order valence-electron chi connectivity index (χ0n) is 21.9. The van der Waals surface area contributed by atoms with E-state index in [4.69, 9.17) is 34.8 Å². The van der Waals surface area contributed by atoms with Gasteiger partial charge in [0.2, 0.25) is 5.95 Å². The number of halogens is 9. The third-order valence-corrected chi connectivity index (χ3v) is 7.86. The van der Waals surface area contributed by atoms with E-state index in [-0.39, 0.29) is 19.6 Å². The molecule has 1 fully saturated rings. The van der Waals surface area contributed by atoms with E-state index in [1.165, 1.54) is 0 Å². The Morgan fingerprint density at radius 2 is 1.83 bits per heavy atom. The van der Waals surface area contributed by atoms with Gasteiger partial charge < -0.3 is 24.8 Å². The molecular formula is C26H28Cl3F6N5O. The van der Waals surface area contributed by atoms with Crippen LogP contribution in [0.5, 0.6) is 0 Å². The second-order valence-corrected chi connectivity index (χ2v) is 11.0. The summed E-state index contributed by atoms with van der Waals surface area (Å²) in [5.41, 5.74) is 2.79. The molecule has 0 aliphatic carbocycles. The van der Waals surface area contributed by atoms with E-state index in [2.05, 4.69) is 20.4 Å². The fourth-order valence-corrected chi connectivity index (χ4v) is 5.50. The summed E-state index contributed by atoms with van der Waals surface area (Å²) < 4.78 is 82.9. The van der Waals surface area contributed by atoms with Crippen molar-refractivity contribution in [3.63, 3.8) is 0 Å². The van der Waals surface area contributed by atoms with Gasteiger partial charge in [-0.25, -0.2) is 4.98 Å². The predicted octanol–water partition coefficient (Wildman–Crippen LogP) is 8.11. The highest BCUT2D eigenvalue weighted by molar-refractivity contribution is 6.39. The lowest BCUT2D eigenvalue weighted by molar-refractivity contribution is -0.176. The van der Waals surface area contributed by atoms with Gasteiger partial charge in [0, 0.05) is 33.3 Å². The van der Waals surface area contributed by atoms with Gasteiger partial charge in [0.25, 0.3) is 0 Å². The molecule has 1 unspecified atom stereocenters. The Labute approximate surface area is 247 Å². The molecule has 226 valence electrons. The average molecular weight is 647 g/mol. The molecule has 2 N–H and O–H groups in total. The number of fused-ring (bicyclic) bond motifs is 1. The van der Waals surface area contributed by atoms with Gasteiger partial charge in [0.1, 0.15) is 6.61 Å². The molecule has 3 aromatic rings. The van der Waals surface area contributed by atoms with Crippen LogP contribution in [0.1, 0.15) is 24.8 Å². The number of benzene rings is 2. The molecule has 0 spiro atoms. The SMILES string of the molecule is Cn1c(Nc2c(Cl)ccc(CNCCCOCC(F)(F)F)c2Cl)nc2cc(Cl)c(N3CCCC(C(F)(F)F)C3)cc21. The van der Waals surface area contributed by atoms with Gasteiger partial charge in [0.05, 0.1) is 43.4 Å². The van der Waals surface area contributed by atoms with Gasteiger partial charge in [0.15, 0.2) is 0 Å². The average Bonchev–Trinajstić information content (AvgIpc) is 3.19. The van der Waals surface area contributed by atoms with Crippen molar-refractivity contribution in [3.8, 4) is 0 Å². The van der Waals surface area contributed by atoms with Crippen LogP contribution in [0.3, 0.4) is 0 Å². The number of ether oxygens (including phenoxy) is 1. The Bertz CT molecular complexity index is 1360. The van der Waals surface area contributed by atoms with E-state index in [1.807, 2.05) is 0 Å². The van der Waals surface area contributed by atoms with Crippen LogP contribution >= 0.6 is 34.8 Å². The van der Waals surface area contributed by atoms with Crippen molar-refractivity contribution in [3.05, 3.63) is 44.9 Å². The maximum atomic E-state index is 13.4. The summed E-state index contributed by atoms with van der Waals surface area (Å²) >= 11 is 19.6. The number of hydrogen-bond donors (Lipinski definition) is 2. The number of nitrogens with one attached hydrogen (secondary N) is 2. The Morgan fingerprint density at radius 1 is 1.07 bits per heavy atom. The summed E-state index contributed by atoms with van der Waals surface area (Å²) in [5.74, 6) is -1.03. The van der Waals surface area contributed by atoms with Crippen LogP contribution in [0, 0.1) is 5.92 Å². The van der Waals surface area contributed by atoms with Crippen LogP contribution in [0.15, 0.2) is 24.3 Å². The zero-order valence-corrected chi connectivity index (χ0v) is 24.2. The lowest BCUT2D eigenvalue weighted by atomic mass is 9.97. The molecule has 15 heteroatoms. The van der Waals surface area contributed by atoms with E-state index in [0.717, 1.165) is 0 Å². The second kappa shape index (κ2) is 13.0. The van der Waals surface area contributed by atoms with E-state index in [1.54, 1.807) is 40.8 Å². The number of aryl methyl sites for hydroxylation is 1. The summed E-state index contributed by atoms with van der Waals surface area (Å²) in [5, 5.41) is 7.22. The number of nitrogens with zero attached hydrogens (tertiary/aromatic N) is 3. The maximum Gasteiger partial charge on any atom is 0.411 e. The lowest BCUT2D eigenvalue weighted by Gasteiger charge is -2.35. The normalized spacial score (nSPS) is 16.5. The number of aromatic nitrogens is 2. The Balaban J connectivity index is 1.47. The molecule has 0 bridgehead atoms. The molecule has 6 nitrogen and oxygen atoms in total. The minimum atomic E-state index is -4.35. The van der Waals surface area contributed by atoms with Crippen molar-refractivity contribution in [2.45, 2.75) is 38.2 Å². The highest BCUT2D eigenvalue weighted by Gasteiger charge is 2.42. The molecular weight excluding hydrogens is 619 g/mol. The van der Waals surface area contributed by atoms with Crippen molar-refractivity contribution in [2.75, 3.05) is 43.1 Å². The second-order valence-electron chi connectivity index (χ2n) is 9.83. The lowest BCUT2D eigenvalue weighted by Crippen LogP contribution is -2.41. The van der Waals surface area contributed by atoms with Gasteiger partial charge in [-0.2, -0.15) is 26.3 Å². The summed E-state index contributed by atoms with van der Waals surface area (Å²) in [6.45, 7) is -0.267. The van der Waals surface area contributed by atoms with Gasteiger partial charge in [-0.15, -0.1) is 0 Å². The molecule has 1 aliphatic rings. The first-order valence-corrected chi connectivity index (χ1v) is 13.9. The number of hydrogen-bond acceptors (Lipinski definition) is 5. The van der Waals surface area contributed by atoms with E-state index in [0.29, 0.717) is 81.5 Å². The summed E-state index contributed by atoms with van der Waals surface area (Å²) in [6.07, 6.45) is -7.75. The Morgan fingerprint density at radius 3 is 2.54 bits per heavy atom. The fraction of sp³-hybridized carbons (Fsp3) is 0.500. The fourth-order valence-electron chi connectivity index (χ4n) is 4.69. The van der Waals surface area contributed by atoms with E-state index < -0.39 is 24.9 Å². The molecule has 2 aromatic carbocycles. The summed E-state index contributed by atoms with van der Waals surface area (Å²) in [6, 6.07) is 6.74. The molecule has 2 heterocycles. The molecule has 0 saturated carbocycles. The minimum Gasteiger partial charge on any atom is -0.372 e. The molecule has 1 aromatic heterocycles. The maximum absolute atomic E-state index is 13.4. The molecule has 1 aliphatic heterocycles. The first-order chi connectivity index (χ1) is 19.2. The third kappa shape index (κ3) is 8.04. The Kier molecular flexibility index (Phi) is 10.1. The first kappa shape index (κ1) is 31.8. The van der Waals surface area contributed by atoms with Crippen molar-refractivity contribution in [1.82, 2.24) is 14.9 Å². The van der Waals surface area contributed by atoms with Crippen LogP contribution in [-0.2, 0) is 18.3 Å². The molecule has 41 heavy (non-hydrogen) atoms. The number of anilines is 3. The van der Waals surface area contributed by atoms with Crippen LogP contribution < -0.4 is 15.5 Å². The van der Waals surface area contributed by atoms with Gasteiger partial charge >= 0.3 is 12.4 Å². The van der Waals surface area contributed by atoms with Crippen LogP contribution in [0.4, 0.5) is 43.7 Å². The smallest absolute Gasteiger partial charge is 0.372 e. The van der Waals surface area contributed by atoms with Gasteiger partial charge in [-0.05, 0) is 49.6 Å². The van der Waals surface area contributed by atoms with Crippen molar-refractivity contribution < 1.29 is 31.1 Å².